The Labute approximate surface area is 175 Å². The quantitative estimate of drug-likeness (QED) is 0.484. The number of aliphatic imine (C=N–C) groups is 1. The standard InChI is InChI=1S/C22H38N4O3/c1-18(2)21(26-10-14-27-15-11-26)17-25-22(23-9-8-19-7-5-13-28-19)24-16-20-6-3-4-12-29-20/h5,7,13,18,20-21H,3-4,6,8-12,14-17H2,1-2H3,(H2,23,24,25). The normalized spacial score (nSPS) is 22.6. The predicted octanol–water partition coefficient (Wildman–Crippen LogP) is 2.28. The number of nitrogens with one attached hydrogen (secondary N) is 2. The molecule has 2 N–H and O–H groups in total. The Morgan fingerprint density at radius 3 is 2.76 bits per heavy atom. The Morgan fingerprint density at radius 2 is 2.07 bits per heavy atom. The number of hydrogen-bond acceptors (Lipinski definition) is 5. The monoisotopic (exact) mass is 406 g/mol. The first kappa shape index (κ1) is 22.1. The van der Waals surface area contributed by atoms with Gasteiger partial charge in [0.15, 0.2) is 5.96 Å². The lowest BCUT2D eigenvalue weighted by Crippen LogP contribution is -2.48. The lowest BCUT2D eigenvalue weighted by Gasteiger charge is -2.36. The summed E-state index contributed by atoms with van der Waals surface area (Å²) in [6.07, 6.45) is 6.38. The minimum atomic E-state index is 0.279. The lowest BCUT2D eigenvalue weighted by molar-refractivity contribution is 0.00860. The van der Waals surface area contributed by atoms with E-state index in [4.69, 9.17) is 18.9 Å². The van der Waals surface area contributed by atoms with Crippen LogP contribution in [0, 0.1) is 5.92 Å². The smallest absolute Gasteiger partial charge is 0.191 e. The average molecular weight is 407 g/mol. The number of morpholine rings is 1. The first-order valence-corrected chi connectivity index (χ1v) is 11.2. The van der Waals surface area contributed by atoms with E-state index in [2.05, 4.69) is 29.4 Å². The van der Waals surface area contributed by atoms with E-state index in [1.54, 1.807) is 6.26 Å². The molecule has 2 unspecified atom stereocenters. The van der Waals surface area contributed by atoms with Crippen LogP contribution >= 0.6 is 0 Å². The van der Waals surface area contributed by atoms with Gasteiger partial charge in [0, 0.05) is 45.2 Å². The summed E-state index contributed by atoms with van der Waals surface area (Å²) in [7, 11) is 0. The second-order valence-electron chi connectivity index (χ2n) is 8.27. The fourth-order valence-electron chi connectivity index (χ4n) is 3.95. The molecule has 3 rings (SSSR count). The molecule has 0 aliphatic carbocycles. The molecule has 29 heavy (non-hydrogen) atoms. The number of rotatable bonds is 9. The molecule has 1 aromatic heterocycles. The molecule has 0 spiro atoms. The van der Waals surface area contributed by atoms with Crippen LogP contribution in [0.1, 0.15) is 38.9 Å². The molecule has 0 radical (unpaired) electrons. The molecule has 0 saturated carbocycles. The zero-order chi connectivity index (χ0) is 20.3. The van der Waals surface area contributed by atoms with Crippen molar-refractivity contribution in [2.45, 2.75) is 51.7 Å². The SMILES string of the molecule is CC(C)C(CN=C(NCCc1ccco1)NCC1CCCCO1)N1CCOCC1. The fraction of sp³-hybridized carbons (Fsp3) is 0.773. The number of hydrogen-bond donors (Lipinski definition) is 2. The Bertz CT molecular complexity index is 579. The molecule has 2 saturated heterocycles. The summed E-state index contributed by atoms with van der Waals surface area (Å²) in [4.78, 5) is 7.47. The van der Waals surface area contributed by atoms with Crippen LogP contribution in [0.15, 0.2) is 27.8 Å². The van der Waals surface area contributed by atoms with E-state index in [-0.39, 0.29) is 6.10 Å². The van der Waals surface area contributed by atoms with Gasteiger partial charge in [0.05, 0.1) is 32.1 Å². The molecule has 7 nitrogen and oxygen atoms in total. The number of nitrogens with zero attached hydrogens (tertiary/aromatic N) is 2. The van der Waals surface area contributed by atoms with Crippen LogP contribution in [-0.2, 0) is 15.9 Å². The maximum atomic E-state index is 5.87. The molecule has 2 aliphatic heterocycles. The summed E-state index contributed by atoms with van der Waals surface area (Å²) in [5.41, 5.74) is 0. The molecule has 164 valence electrons. The van der Waals surface area contributed by atoms with E-state index in [0.29, 0.717) is 12.0 Å². The van der Waals surface area contributed by atoms with Crippen LogP contribution < -0.4 is 10.6 Å². The van der Waals surface area contributed by atoms with Gasteiger partial charge in [0.2, 0.25) is 0 Å². The van der Waals surface area contributed by atoms with Crippen molar-refractivity contribution in [1.82, 2.24) is 15.5 Å². The summed E-state index contributed by atoms with van der Waals surface area (Å²) < 4.78 is 16.8. The van der Waals surface area contributed by atoms with Crippen molar-refractivity contribution in [2.75, 3.05) is 52.5 Å². The third kappa shape index (κ3) is 7.64. The van der Waals surface area contributed by atoms with Crippen molar-refractivity contribution in [3.63, 3.8) is 0 Å². The van der Waals surface area contributed by atoms with Crippen LogP contribution in [0.25, 0.3) is 0 Å². The second kappa shape index (κ2) is 12.2. The predicted molar refractivity (Wildman–Crippen MR) is 115 cm³/mol. The molecule has 7 heteroatoms. The highest BCUT2D eigenvalue weighted by molar-refractivity contribution is 5.79. The molecule has 1 aromatic rings. The van der Waals surface area contributed by atoms with Crippen LogP contribution in [0.5, 0.6) is 0 Å². The maximum absolute atomic E-state index is 5.87. The van der Waals surface area contributed by atoms with Crippen LogP contribution in [0.3, 0.4) is 0 Å². The molecular weight excluding hydrogens is 368 g/mol. The average Bonchev–Trinajstić information content (AvgIpc) is 3.26. The van der Waals surface area contributed by atoms with E-state index >= 15 is 0 Å². The molecule has 3 heterocycles. The van der Waals surface area contributed by atoms with Gasteiger partial charge in [-0.15, -0.1) is 0 Å². The van der Waals surface area contributed by atoms with Gasteiger partial charge >= 0.3 is 0 Å². The second-order valence-corrected chi connectivity index (χ2v) is 8.27. The van der Waals surface area contributed by atoms with Gasteiger partial charge in [-0.1, -0.05) is 13.8 Å². The van der Waals surface area contributed by atoms with Crippen molar-refractivity contribution < 1.29 is 13.9 Å². The highest BCUT2D eigenvalue weighted by atomic mass is 16.5. The minimum Gasteiger partial charge on any atom is -0.469 e. The number of furan rings is 1. The first-order chi connectivity index (χ1) is 14.2. The summed E-state index contributed by atoms with van der Waals surface area (Å²) in [6, 6.07) is 4.36. The fourth-order valence-corrected chi connectivity index (χ4v) is 3.95. The van der Waals surface area contributed by atoms with E-state index in [0.717, 1.165) is 77.1 Å². The molecule has 2 aliphatic rings. The zero-order valence-corrected chi connectivity index (χ0v) is 18.1. The van der Waals surface area contributed by atoms with Crippen molar-refractivity contribution in [1.29, 1.82) is 0 Å². The van der Waals surface area contributed by atoms with Crippen LogP contribution in [0.2, 0.25) is 0 Å². The topological polar surface area (TPSA) is 71.3 Å². The minimum absolute atomic E-state index is 0.279. The summed E-state index contributed by atoms with van der Waals surface area (Å²) in [5.74, 6) is 2.40. The Balaban J connectivity index is 1.55. The molecule has 0 bridgehead atoms. The van der Waals surface area contributed by atoms with E-state index in [1.807, 2.05) is 12.1 Å². The Kier molecular flexibility index (Phi) is 9.31. The van der Waals surface area contributed by atoms with Crippen molar-refractivity contribution >= 4 is 5.96 Å². The van der Waals surface area contributed by atoms with Gasteiger partial charge in [-0.05, 0) is 37.3 Å². The van der Waals surface area contributed by atoms with Crippen molar-refractivity contribution in [3.05, 3.63) is 24.2 Å². The van der Waals surface area contributed by atoms with Gasteiger partial charge in [-0.25, -0.2) is 0 Å². The Morgan fingerprint density at radius 1 is 1.21 bits per heavy atom. The number of guanidine groups is 1. The summed E-state index contributed by atoms with van der Waals surface area (Å²) >= 11 is 0. The first-order valence-electron chi connectivity index (χ1n) is 11.2. The third-order valence-electron chi connectivity index (χ3n) is 5.74. The van der Waals surface area contributed by atoms with Crippen LogP contribution in [-0.4, -0.2) is 75.5 Å². The van der Waals surface area contributed by atoms with Gasteiger partial charge in [-0.2, -0.15) is 0 Å². The number of ether oxygens (including phenoxy) is 2. The Hall–Kier alpha value is -1.57. The molecule has 0 aromatic carbocycles. The lowest BCUT2D eigenvalue weighted by atomic mass is 10.0. The molecule has 2 fully saturated rings. The van der Waals surface area contributed by atoms with Crippen LogP contribution in [0.4, 0.5) is 0 Å². The zero-order valence-electron chi connectivity index (χ0n) is 18.1. The van der Waals surface area contributed by atoms with Gasteiger partial charge in [0.1, 0.15) is 5.76 Å². The van der Waals surface area contributed by atoms with E-state index in [9.17, 15) is 0 Å². The summed E-state index contributed by atoms with van der Waals surface area (Å²) in [6.45, 7) is 11.4. The van der Waals surface area contributed by atoms with E-state index < -0.39 is 0 Å². The molecular formula is C22H38N4O3. The summed E-state index contributed by atoms with van der Waals surface area (Å²) in [5, 5.41) is 6.98. The van der Waals surface area contributed by atoms with Gasteiger partial charge in [0.25, 0.3) is 0 Å². The van der Waals surface area contributed by atoms with Gasteiger partial charge < -0.3 is 24.5 Å². The largest absolute Gasteiger partial charge is 0.469 e. The highest BCUT2D eigenvalue weighted by Crippen LogP contribution is 2.14. The molecule has 0 amide bonds. The van der Waals surface area contributed by atoms with Crippen molar-refractivity contribution in [2.24, 2.45) is 10.9 Å². The van der Waals surface area contributed by atoms with Crippen molar-refractivity contribution in [3.8, 4) is 0 Å². The third-order valence-corrected chi connectivity index (χ3v) is 5.74. The molecule has 2 atom stereocenters. The maximum Gasteiger partial charge on any atom is 0.191 e. The highest BCUT2D eigenvalue weighted by Gasteiger charge is 2.23. The van der Waals surface area contributed by atoms with E-state index in [1.165, 1.54) is 12.8 Å². The van der Waals surface area contributed by atoms with Gasteiger partial charge in [-0.3, -0.25) is 9.89 Å².